The fraction of sp³-hybridized carbons (Fsp3) is 0.167. The van der Waals surface area contributed by atoms with Crippen molar-refractivity contribution in [1.29, 1.82) is 0 Å². The predicted molar refractivity (Wildman–Crippen MR) is 58.1 cm³/mol. The predicted octanol–water partition coefficient (Wildman–Crippen LogP) is 2.74. The molecule has 0 aliphatic carbocycles. The van der Waals surface area contributed by atoms with Crippen LogP contribution in [-0.2, 0) is 0 Å². The topological polar surface area (TPSA) is 34.9 Å². The van der Waals surface area contributed by atoms with E-state index < -0.39 is 11.6 Å². The lowest BCUT2D eigenvalue weighted by molar-refractivity contribution is 0.0988. The summed E-state index contributed by atoms with van der Waals surface area (Å²) >= 11 is 0. The Labute approximate surface area is 96.7 Å². The van der Waals surface area contributed by atoms with Gasteiger partial charge in [-0.1, -0.05) is 6.92 Å². The minimum absolute atomic E-state index is 0.0706. The molecule has 1 heterocycles. The Bertz CT molecular complexity index is 563. The number of ketones is 1. The zero-order chi connectivity index (χ0) is 12.4. The molecule has 0 atom stereocenters. The van der Waals surface area contributed by atoms with E-state index in [9.17, 15) is 13.6 Å². The molecule has 0 unspecified atom stereocenters. The van der Waals surface area contributed by atoms with E-state index in [1.54, 1.807) is 6.92 Å². The summed E-state index contributed by atoms with van der Waals surface area (Å²) in [6.45, 7) is 1.73. The molecule has 0 saturated carbocycles. The van der Waals surface area contributed by atoms with Crippen LogP contribution < -0.4 is 0 Å². The second kappa shape index (κ2) is 4.45. The van der Waals surface area contributed by atoms with Crippen molar-refractivity contribution in [3.05, 3.63) is 47.8 Å². The van der Waals surface area contributed by atoms with Gasteiger partial charge < -0.3 is 0 Å². The number of carbonyl (C=O) groups excluding carboxylic acids is 1. The average Bonchev–Trinajstić information content (AvgIpc) is 2.77. The van der Waals surface area contributed by atoms with Crippen LogP contribution in [0.5, 0.6) is 0 Å². The number of Topliss-reactive ketones (excluding diaryl/α,β-unsaturated/α-hetero) is 1. The number of hydrogen-bond acceptors (Lipinski definition) is 2. The zero-order valence-corrected chi connectivity index (χ0v) is 9.15. The molecule has 0 aliphatic rings. The summed E-state index contributed by atoms with van der Waals surface area (Å²) in [5, 5.41) is 3.88. The number of nitrogens with zero attached hydrogens (tertiary/aromatic N) is 2. The van der Waals surface area contributed by atoms with E-state index in [0.717, 1.165) is 12.1 Å². The Balaban J connectivity index is 2.40. The van der Waals surface area contributed by atoms with Crippen molar-refractivity contribution in [3.63, 3.8) is 0 Å². The smallest absolute Gasteiger partial charge is 0.165 e. The summed E-state index contributed by atoms with van der Waals surface area (Å²) in [6.07, 6.45) is 3.16. The molecule has 5 heteroatoms. The van der Waals surface area contributed by atoms with Crippen molar-refractivity contribution in [2.75, 3.05) is 0 Å². The highest BCUT2D eigenvalue weighted by Crippen LogP contribution is 2.15. The second-order valence-corrected chi connectivity index (χ2v) is 3.55. The van der Waals surface area contributed by atoms with Crippen LogP contribution in [0.15, 0.2) is 30.6 Å². The highest BCUT2D eigenvalue weighted by atomic mass is 19.1. The van der Waals surface area contributed by atoms with E-state index in [2.05, 4.69) is 5.10 Å². The van der Waals surface area contributed by atoms with Crippen LogP contribution in [0, 0.1) is 11.6 Å². The number of carbonyl (C=O) groups is 1. The van der Waals surface area contributed by atoms with Crippen LogP contribution in [0.4, 0.5) is 8.78 Å². The number of hydrogen-bond donors (Lipinski definition) is 0. The number of halogens is 2. The average molecular weight is 236 g/mol. The fourth-order valence-corrected chi connectivity index (χ4v) is 1.47. The lowest BCUT2D eigenvalue weighted by Gasteiger charge is -2.02. The van der Waals surface area contributed by atoms with Gasteiger partial charge in [0.15, 0.2) is 11.6 Å². The maximum atomic E-state index is 13.4. The van der Waals surface area contributed by atoms with Gasteiger partial charge in [-0.3, -0.25) is 4.79 Å². The first-order valence-electron chi connectivity index (χ1n) is 5.15. The zero-order valence-electron chi connectivity index (χ0n) is 9.15. The summed E-state index contributed by atoms with van der Waals surface area (Å²) in [6, 6.07) is 3.19. The maximum Gasteiger partial charge on any atom is 0.165 e. The van der Waals surface area contributed by atoms with Crippen molar-refractivity contribution < 1.29 is 13.6 Å². The van der Waals surface area contributed by atoms with E-state index in [-0.39, 0.29) is 11.5 Å². The lowest BCUT2D eigenvalue weighted by Crippen LogP contribution is -1.99. The Hall–Kier alpha value is -2.04. The van der Waals surface area contributed by atoms with Crippen LogP contribution >= 0.6 is 0 Å². The molecule has 2 rings (SSSR count). The Kier molecular flexibility index (Phi) is 2.99. The van der Waals surface area contributed by atoms with Gasteiger partial charge in [-0.2, -0.15) is 5.10 Å². The van der Waals surface area contributed by atoms with E-state index in [1.807, 2.05) is 0 Å². The number of rotatable bonds is 3. The van der Waals surface area contributed by atoms with Crippen molar-refractivity contribution in [3.8, 4) is 5.69 Å². The van der Waals surface area contributed by atoms with E-state index in [0.29, 0.717) is 12.0 Å². The summed E-state index contributed by atoms with van der Waals surface area (Å²) < 4.78 is 27.4. The quantitative estimate of drug-likeness (QED) is 0.768. The van der Waals surface area contributed by atoms with Crippen LogP contribution in [0.25, 0.3) is 5.69 Å². The monoisotopic (exact) mass is 236 g/mol. The van der Waals surface area contributed by atoms with Gasteiger partial charge in [-0.25, -0.2) is 13.5 Å². The molecule has 0 radical (unpaired) electrons. The minimum atomic E-state index is -0.719. The highest BCUT2D eigenvalue weighted by Gasteiger charge is 2.10. The lowest BCUT2D eigenvalue weighted by atomic mass is 10.2. The van der Waals surface area contributed by atoms with Crippen molar-refractivity contribution in [2.45, 2.75) is 13.3 Å². The summed E-state index contributed by atoms with van der Waals surface area (Å²) in [7, 11) is 0. The molecular formula is C12H10F2N2O. The Morgan fingerprint density at radius 3 is 2.82 bits per heavy atom. The van der Waals surface area contributed by atoms with E-state index >= 15 is 0 Å². The summed E-state index contributed by atoms with van der Waals surface area (Å²) in [5.74, 6) is -1.44. The van der Waals surface area contributed by atoms with E-state index in [4.69, 9.17) is 0 Å². The summed E-state index contributed by atoms with van der Waals surface area (Å²) in [4.78, 5) is 11.4. The number of aromatic nitrogens is 2. The van der Waals surface area contributed by atoms with Crippen LogP contribution in [0.1, 0.15) is 23.7 Å². The molecule has 0 saturated heterocycles. The molecule has 0 amide bonds. The van der Waals surface area contributed by atoms with E-state index in [1.165, 1.54) is 23.1 Å². The van der Waals surface area contributed by atoms with Gasteiger partial charge in [-0.05, 0) is 12.1 Å². The molecule has 1 aromatic heterocycles. The fourth-order valence-electron chi connectivity index (χ4n) is 1.47. The molecule has 88 valence electrons. The van der Waals surface area contributed by atoms with Gasteiger partial charge in [0.25, 0.3) is 0 Å². The second-order valence-electron chi connectivity index (χ2n) is 3.55. The van der Waals surface area contributed by atoms with Crippen molar-refractivity contribution in [1.82, 2.24) is 9.78 Å². The maximum absolute atomic E-state index is 13.4. The third-order valence-electron chi connectivity index (χ3n) is 2.38. The van der Waals surface area contributed by atoms with Gasteiger partial charge in [0.05, 0.1) is 11.8 Å². The first kappa shape index (κ1) is 11.4. The first-order valence-corrected chi connectivity index (χ1v) is 5.15. The largest absolute Gasteiger partial charge is 0.294 e. The van der Waals surface area contributed by atoms with Gasteiger partial charge in [0.2, 0.25) is 0 Å². The standard InChI is InChI=1S/C12H10F2N2O/c1-2-12(17)8-6-15-16(7-8)11-4-3-9(13)5-10(11)14/h3-7H,2H2,1H3. The third-order valence-corrected chi connectivity index (χ3v) is 2.38. The molecule has 3 nitrogen and oxygen atoms in total. The van der Waals surface area contributed by atoms with Crippen molar-refractivity contribution >= 4 is 5.78 Å². The van der Waals surface area contributed by atoms with Crippen molar-refractivity contribution in [2.24, 2.45) is 0 Å². The molecule has 0 aliphatic heterocycles. The van der Waals surface area contributed by atoms with Crippen LogP contribution in [0.2, 0.25) is 0 Å². The van der Waals surface area contributed by atoms with Gasteiger partial charge in [0, 0.05) is 18.7 Å². The Morgan fingerprint density at radius 2 is 2.18 bits per heavy atom. The molecule has 1 aromatic carbocycles. The van der Waals surface area contributed by atoms with Gasteiger partial charge in [-0.15, -0.1) is 0 Å². The summed E-state index contributed by atoms with van der Waals surface area (Å²) in [5.41, 5.74) is 0.526. The molecule has 0 fully saturated rings. The molecule has 2 aromatic rings. The molecular weight excluding hydrogens is 226 g/mol. The molecule has 0 spiro atoms. The van der Waals surface area contributed by atoms with Crippen LogP contribution in [-0.4, -0.2) is 15.6 Å². The normalized spacial score (nSPS) is 10.5. The van der Waals surface area contributed by atoms with Gasteiger partial charge >= 0.3 is 0 Å². The van der Waals surface area contributed by atoms with Gasteiger partial charge in [0.1, 0.15) is 11.5 Å². The molecule has 17 heavy (non-hydrogen) atoms. The SMILES string of the molecule is CCC(=O)c1cnn(-c2ccc(F)cc2F)c1. The highest BCUT2D eigenvalue weighted by molar-refractivity contribution is 5.95. The van der Waals surface area contributed by atoms with Crippen LogP contribution in [0.3, 0.4) is 0 Å². The first-order chi connectivity index (χ1) is 8.11. The Morgan fingerprint density at radius 1 is 1.41 bits per heavy atom. The molecule has 0 bridgehead atoms. The minimum Gasteiger partial charge on any atom is -0.294 e. The third kappa shape index (κ3) is 2.22. The number of benzene rings is 1. The molecule has 0 N–H and O–H groups in total.